The molecule has 0 aliphatic carbocycles. The van der Waals surface area contributed by atoms with Gasteiger partial charge in [-0.2, -0.15) is 0 Å². The highest BCUT2D eigenvalue weighted by Crippen LogP contribution is 2.06. The lowest BCUT2D eigenvalue weighted by molar-refractivity contribution is -0.125. The smallest absolute Gasteiger partial charge is 0.270 e. The van der Waals surface area contributed by atoms with Crippen LogP contribution in [0.25, 0.3) is 11.0 Å². The average Bonchev–Trinajstić information content (AvgIpc) is 2.69. The second-order valence-corrected chi connectivity index (χ2v) is 3.38. The van der Waals surface area contributed by atoms with Gasteiger partial charge >= 0.3 is 0 Å². The lowest BCUT2D eigenvalue weighted by atomic mass is 10.3. The number of aromatic nitrogens is 3. The number of hydrogen-bond acceptors (Lipinski definition) is 4. The van der Waals surface area contributed by atoms with E-state index in [0.29, 0.717) is 17.5 Å². The number of aliphatic hydroxyl groups excluding tert-OH is 1. The number of nitrogens with zero attached hydrogens (tertiary/aromatic N) is 3. The van der Waals surface area contributed by atoms with Gasteiger partial charge in [-0.05, 0) is 18.6 Å². The molecule has 2 rings (SSSR count). The van der Waals surface area contributed by atoms with E-state index in [0.717, 1.165) is 4.91 Å². The second-order valence-electron chi connectivity index (χ2n) is 3.38. The van der Waals surface area contributed by atoms with E-state index in [4.69, 9.17) is 0 Å². The molecule has 0 aliphatic rings. The molecule has 2 aromatic rings. The Bertz CT molecular complexity index is 475. The van der Waals surface area contributed by atoms with Crippen molar-refractivity contribution in [1.29, 1.82) is 0 Å². The Labute approximate surface area is 91.8 Å². The van der Waals surface area contributed by atoms with Gasteiger partial charge < -0.3 is 5.11 Å². The Morgan fingerprint density at radius 1 is 1.44 bits per heavy atom. The van der Waals surface area contributed by atoms with Crippen LogP contribution in [0.3, 0.4) is 0 Å². The minimum Gasteiger partial charge on any atom is -0.383 e. The summed E-state index contributed by atoms with van der Waals surface area (Å²) < 4.78 is 0. The normalized spacial score (nSPS) is 12.6. The molecule has 1 aromatic heterocycles. The van der Waals surface area contributed by atoms with Crippen LogP contribution in [-0.2, 0) is 4.79 Å². The lowest BCUT2D eigenvalue weighted by Crippen LogP contribution is -2.34. The van der Waals surface area contributed by atoms with Gasteiger partial charge in [-0.25, -0.2) is 5.43 Å². The predicted molar refractivity (Wildman–Crippen MR) is 58.2 cm³/mol. The molecule has 6 heteroatoms. The first-order valence-corrected chi connectivity index (χ1v) is 5.01. The molecule has 0 saturated heterocycles. The summed E-state index contributed by atoms with van der Waals surface area (Å²) in [7, 11) is 0. The summed E-state index contributed by atoms with van der Waals surface area (Å²) in [5.74, 6) is -0.511. The minimum absolute atomic E-state index is 0.354. The molecule has 6 nitrogen and oxygen atoms in total. The first-order chi connectivity index (χ1) is 7.70. The molecule has 2 N–H and O–H groups in total. The summed E-state index contributed by atoms with van der Waals surface area (Å²) in [6.45, 7) is 1.72. The molecule has 0 saturated carbocycles. The molecule has 1 amide bonds. The molecule has 1 aromatic carbocycles. The molecule has 84 valence electrons. The van der Waals surface area contributed by atoms with Crippen LogP contribution in [0.4, 0.5) is 0 Å². The molecule has 0 fully saturated rings. The first kappa shape index (κ1) is 10.6. The van der Waals surface area contributed by atoms with E-state index in [2.05, 4.69) is 15.6 Å². The summed E-state index contributed by atoms with van der Waals surface area (Å²) in [6.07, 6.45) is -0.679. The SMILES string of the molecule is CCC(O)C(=O)Nn1nc2ccccc2n1. The molecule has 1 unspecified atom stereocenters. The number of hydrogen-bond donors (Lipinski definition) is 2. The first-order valence-electron chi connectivity index (χ1n) is 5.01. The van der Waals surface area contributed by atoms with Crippen molar-refractivity contribution in [3.05, 3.63) is 24.3 Å². The van der Waals surface area contributed by atoms with Crippen molar-refractivity contribution in [2.24, 2.45) is 0 Å². The summed E-state index contributed by atoms with van der Waals surface area (Å²) in [5, 5.41) is 17.3. The average molecular weight is 220 g/mol. The number of nitrogens with one attached hydrogen (secondary N) is 1. The van der Waals surface area contributed by atoms with Gasteiger partial charge in [0, 0.05) is 0 Å². The fourth-order valence-corrected chi connectivity index (χ4v) is 1.27. The van der Waals surface area contributed by atoms with Gasteiger partial charge in [0.15, 0.2) is 0 Å². The lowest BCUT2D eigenvalue weighted by Gasteiger charge is -2.06. The van der Waals surface area contributed by atoms with E-state index < -0.39 is 12.0 Å². The van der Waals surface area contributed by atoms with Crippen LogP contribution in [-0.4, -0.2) is 32.2 Å². The van der Waals surface area contributed by atoms with E-state index in [1.165, 1.54) is 0 Å². The second kappa shape index (κ2) is 4.28. The van der Waals surface area contributed by atoms with Gasteiger partial charge in [0.25, 0.3) is 5.91 Å². The molecule has 0 spiro atoms. The Morgan fingerprint density at radius 3 is 2.50 bits per heavy atom. The molecule has 16 heavy (non-hydrogen) atoms. The molecule has 0 radical (unpaired) electrons. The van der Waals surface area contributed by atoms with Crippen LogP contribution in [0.1, 0.15) is 13.3 Å². The number of aliphatic hydroxyl groups is 1. The predicted octanol–water partition coefficient (Wildman–Crippen LogP) is 0.272. The van der Waals surface area contributed by atoms with Gasteiger partial charge in [0.1, 0.15) is 17.1 Å². The number of carbonyl (C=O) groups excluding carboxylic acids is 1. The maximum absolute atomic E-state index is 11.4. The van der Waals surface area contributed by atoms with Crippen molar-refractivity contribution < 1.29 is 9.90 Å². The standard InChI is InChI=1S/C10H12N4O2/c1-2-9(15)10(16)13-14-11-7-5-3-4-6-8(7)12-14/h3-6,9,15H,2H2,1H3,(H,13,16). The van der Waals surface area contributed by atoms with Crippen molar-refractivity contribution in [1.82, 2.24) is 15.1 Å². The Morgan fingerprint density at radius 2 is 2.00 bits per heavy atom. The van der Waals surface area contributed by atoms with Crippen LogP contribution >= 0.6 is 0 Å². The van der Waals surface area contributed by atoms with Gasteiger partial charge in [-0.3, -0.25) is 4.79 Å². The van der Waals surface area contributed by atoms with E-state index in [9.17, 15) is 9.90 Å². The summed E-state index contributed by atoms with van der Waals surface area (Å²) in [5.41, 5.74) is 3.76. The van der Waals surface area contributed by atoms with Crippen molar-refractivity contribution in [3.8, 4) is 0 Å². The molecular weight excluding hydrogens is 208 g/mol. The van der Waals surface area contributed by atoms with Crippen molar-refractivity contribution >= 4 is 16.9 Å². The maximum atomic E-state index is 11.4. The van der Waals surface area contributed by atoms with E-state index in [1.807, 2.05) is 12.1 Å². The quantitative estimate of drug-likeness (QED) is 0.778. The largest absolute Gasteiger partial charge is 0.383 e. The highest BCUT2D eigenvalue weighted by atomic mass is 16.3. The Balaban J connectivity index is 2.18. The monoisotopic (exact) mass is 220 g/mol. The van der Waals surface area contributed by atoms with Crippen LogP contribution < -0.4 is 5.43 Å². The third-order valence-corrected chi connectivity index (χ3v) is 2.19. The highest BCUT2D eigenvalue weighted by molar-refractivity contribution is 5.87. The fraction of sp³-hybridized carbons (Fsp3) is 0.300. The summed E-state index contributed by atoms with van der Waals surface area (Å²) >= 11 is 0. The summed E-state index contributed by atoms with van der Waals surface area (Å²) in [4.78, 5) is 12.4. The zero-order chi connectivity index (χ0) is 11.5. The fourth-order valence-electron chi connectivity index (χ4n) is 1.27. The van der Waals surface area contributed by atoms with Gasteiger partial charge in [0.2, 0.25) is 0 Å². The summed E-state index contributed by atoms with van der Waals surface area (Å²) in [6, 6.07) is 7.26. The third-order valence-electron chi connectivity index (χ3n) is 2.19. The van der Waals surface area contributed by atoms with Gasteiger partial charge in [-0.15, -0.1) is 10.2 Å². The van der Waals surface area contributed by atoms with Gasteiger partial charge in [0.05, 0.1) is 0 Å². The van der Waals surface area contributed by atoms with Crippen LogP contribution in [0.5, 0.6) is 0 Å². The number of benzene rings is 1. The number of fused-ring (bicyclic) bond motifs is 1. The minimum atomic E-state index is -1.03. The molecule has 1 atom stereocenters. The number of carbonyl (C=O) groups is 1. The molecule has 0 aliphatic heterocycles. The number of amides is 1. The van der Waals surface area contributed by atoms with Crippen molar-refractivity contribution in [2.45, 2.75) is 19.4 Å². The van der Waals surface area contributed by atoms with E-state index in [1.54, 1.807) is 19.1 Å². The molecule has 0 bridgehead atoms. The Kier molecular flexibility index (Phi) is 2.82. The van der Waals surface area contributed by atoms with E-state index in [-0.39, 0.29) is 0 Å². The van der Waals surface area contributed by atoms with E-state index >= 15 is 0 Å². The third kappa shape index (κ3) is 2.01. The topological polar surface area (TPSA) is 80.0 Å². The van der Waals surface area contributed by atoms with Crippen molar-refractivity contribution in [3.63, 3.8) is 0 Å². The molecular formula is C10H12N4O2. The molecule has 1 heterocycles. The van der Waals surface area contributed by atoms with Gasteiger partial charge in [-0.1, -0.05) is 24.0 Å². The van der Waals surface area contributed by atoms with Crippen LogP contribution in [0.15, 0.2) is 24.3 Å². The Hall–Kier alpha value is -1.95. The zero-order valence-corrected chi connectivity index (χ0v) is 8.79. The number of rotatable bonds is 3. The van der Waals surface area contributed by atoms with Crippen molar-refractivity contribution in [2.75, 3.05) is 5.43 Å². The van der Waals surface area contributed by atoms with Crippen LogP contribution in [0, 0.1) is 0 Å². The van der Waals surface area contributed by atoms with Crippen LogP contribution in [0.2, 0.25) is 0 Å². The highest BCUT2D eigenvalue weighted by Gasteiger charge is 2.13. The maximum Gasteiger partial charge on any atom is 0.270 e. The zero-order valence-electron chi connectivity index (χ0n) is 8.79.